The first kappa shape index (κ1) is 19.5. The average Bonchev–Trinajstić information content (AvgIpc) is 2.64. The van der Waals surface area contributed by atoms with Crippen molar-refractivity contribution >= 4 is 11.7 Å². The number of nitrogens with two attached hydrogens (primary N) is 2. The van der Waals surface area contributed by atoms with Gasteiger partial charge in [-0.3, -0.25) is 10.4 Å². The lowest BCUT2D eigenvalue weighted by atomic mass is 10.1. The third-order valence-corrected chi connectivity index (χ3v) is 3.57. The largest absolute Gasteiger partial charge is 0.485 e. The molecule has 7 nitrogen and oxygen atoms in total. The number of ether oxygens (including phenoxy) is 1. The van der Waals surface area contributed by atoms with Crippen LogP contribution in [-0.4, -0.2) is 11.0 Å². The Morgan fingerprint density at radius 3 is 2.69 bits per heavy atom. The fraction of sp³-hybridized carbons (Fsp3) is 0.250. The van der Waals surface area contributed by atoms with E-state index in [0.29, 0.717) is 6.42 Å². The minimum absolute atomic E-state index is 0.0866. The van der Waals surface area contributed by atoms with Crippen molar-refractivity contribution in [1.82, 2.24) is 10.4 Å². The van der Waals surface area contributed by atoms with Gasteiger partial charge in [0.25, 0.3) is 0 Å². The molecule has 140 valence electrons. The molecule has 2 rings (SSSR count). The van der Waals surface area contributed by atoms with Crippen molar-refractivity contribution in [3.05, 3.63) is 53.3 Å². The monoisotopic (exact) mass is 369 g/mol. The van der Waals surface area contributed by atoms with Gasteiger partial charge in [-0.2, -0.15) is 13.2 Å². The van der Waals surface area contributed by atoms with Crippen LogP contribution < -0.4 is 26.9 Å². The van der Waals surface area contributed by atoms with Gasteiger partial charge in [-0.1, -0.05) is 19.1 Å². The number of nitrogens with zero attached hydrogens (tertiary/aromatic N) is 2. The van der Waals surface area contributed by atoms with E-state index < -0.39 is 17.8 Å². The van der Waals surface area contributed by atoms with Crippen LogP contribution in [0.25, 0.3) is 0 Å². The maximum absolute atomic E-state index is 12.8. The molecule has 26 heavy (non-hydrogen) atoms. The second kappa shape index (κ2) is 8.02. The highest BCUT2D eigenvalue weighted by Crippen LogP contribution is 2.33. The van der Waals surface area contributed by atoms with Crippen LogP contribution in [0.4, 0.5) is 23.7 Å². The summed E-state index contributed by atoms with van der Waals surface area (Å²) in [5.41, 5.74) is 2.10. The van der Waals surface area contributed by atoms with Gasteiger partial charge in [0.2, 0.25) is 0 Å². The number of hydrogen-bond donors (Lipinski definition) is 3. The zero-order valence-electron chi connectivity index (χ0n) is 13.9. The Hall–Kier alpha value is -2.85. The number of halogens is 3. The molecule has 5 N–H and O–H groups in total. The van der Waals surface area contributed by atoms with Crippen molar-refractivity contribution in [2.24, 2.45) is 11.7 Å². The van der Waals surface area contributed by atoms with Gasteiger partial charge < -0.3 is 4.74 Å². The molecule has 0 saturated carbocycles. The van der Waals surface area contributed by atoms with E-state index >= 15 is 0 Å². The van der Waals surface area contributed by atoms with Gasteiger partial charge in [-0.05, 0) is 30.2 Å². The van der Waals surface area contributed by atoms with Crippen molar-refractivity contribution in [1.29, 1.82) is 0 Å². The van der Waals surface area contributed by atoms with Crippen LogP contribution in [0.5, 0.6) is 5.75 Å². The molecule has 0 unspecified atom stereocenters. The van der Waals surface area contributed by atoms with Crippen molar-refractivity contribution in [2.75, 3.05) is 5.01 Å². The summed E-state index contributed by atoms with van der Waals surface area (Å²) in [6.45, 7) is 1.63. The highest BCUT2D eigenvalue weighted by molar-refractivity contribution is 5.92. The molecule has 0 spiro atoms. The molecular weight excluding hydrogens is 351 g/mol. The zero-order chi connectivity index (χ0) is 19.3. The SMILES string of the molecule is CCc1cccc(N(N)C(=O)NN)c1OCc1cc(C(F)(F)F)ccn1. The maximum Gasteiger partial charge on any atom is 0.416 e. The number of anilines is 1. The summed E-state index contributed by atoms with van der Waals surface area (Å²) in [7, 11) is 0. The van der Waals surface area contributed by atoms with E-state index in [9.17, 15) is 18.0 Å². The lowest BCUT2D eigenvalue weighted by molar-refractivity contribution is -0.137. The topological polar surface area (TPSA) is 106 Å². The summed E-state index contributed by atoms with van der Waals surface area (Å²) >= 11 is 0. The molecule has 2 aromatic rings. The summed E-state index contributed by atoms with van der Waals surface area (Å²) in [5.74, 6) is 11.1. The summed E-state index contributed by atoms with van der Waals surface area (Å²) < 4.78 is 44.1. The van der Waals surface area contributed by atoms with Crippen LogP contribution >= 0.6 is 0 Å². The third kappa shape index (κ3) is 4.41. The molecule has 1 heterocycles. The quantitative estimate of drug-likeness (QED) is 0.427. The van der Waals surface area contributed by atoms with Gasteiger partial charge in [0.05, 0.1) is 11.3 Å². The minimum Gasteiger partial charge on any atom is -0.485 e. The molecule has 0 aliphatic carbocycles. The fourth-order valence-electron chi connectivity index (χ4n) is 2.26. The van der Waals surface area contributed by atoms with Crippen LogP contribution in [-0.2, 0) is 19.2 Å². The summed E-state index contributed by atoms with van der Waals surface area (Å²) in [6.07, 6.45) is -2.86. The first-order valence-corrected chi connectivity index (χ1v) is 7.60. The molecular formula is C16H18F3N5O2. The molecule has 1 aromatic carbocycles. The first-order chi connectivity index (χ1) is 12.3. The standard InChI is InChI=1S/C16H18F3N5O2/c1-2-10-4-3-5-13(24(21)15(25)23-20)14(10)26-9-12-8-11(6-7-22-12)16(17,18)19/h3-8H,2,9,20-21H2,1H3,(H,23,25). The van der Waals surface area contributed by atoms with Gasteiger partial charge in [-0.15, -0.1) is 0 Å². The lowest BCUT2D eigenvalue weighted by Crippen LogP contribution is -2.47. The number of amides is 2. The Balaban J connectivity index is 2.30. The van der Waals surface area contributed by atoms with Crippen LogP contribution in [0.3, 0.4) is 0 Å². The molecule has 0 aliphatic heterocycles. The van der Waals surface area contributed by atoms with E-state index in [4.69, 9.17) is 16.4 Å². The smallest absolute Gasteiger partial charge is 0.416 e. The van der Waals surface area contributed by atoms with Crippen molar-refractivity contribution in [3.8, 4) is 5.75 Å². The number of alkyl halides is 3. The number of aryl methyl sites for hydroxylation is 1. The Morgan fingerprint density at radius 1 is 1.35 bits per heavy atom. The van der Waals surface area contributed by atoms with Crippen LogP contribution in [0.15, 0.2) is 36.5 Å². The van der Waals surface area contributed by atoms with Gasteiger partial charge in [0.15, 0.2) is 0 Å². The first-order valence-electron chi connectivity index (χ1n) is 7.60. The molecule has 0 fully saturated rings. The highest BCUT2D eigenvalue weighted by Gasteiger charge is 2.30. The van der Waals surface area contributed by atoms with Gasteiger partial charge >= 0.3 is 12.2 Å². The van der Waals surface area contributed by atoms with E-state index in [1.807, 2.05) is 12.3 Å². The molecule has 2 amide bonds. The maximum atomic E-state index is 12.8. The zero-order valence-corrected chi connectivity index (χ0v) is 13.9. The Morgan fingerprint density at radius 2 is 2.08 bits per heavy atom. The molecule has 0 saturated heterocycles. The predicted molar refractivity (Wildman–Crippen MR) is 88.8 cm³/mol. The van der Waals surface area contributed by atoms with Crippen LogP contribution in [0.1, 0.15) is 23.7 Å². The molecule has 1 aromatic heterocycles. The molecule has 0 radical (unpaired) electrons. The van der Waals surface area contributed by atoms with Crippen molar-refractivity contribution in [3.63, 3.8) is 0 Å². The van der Waals surface area contributed by atoms with E-state index in [0.717, 1.165) is 28.9 Å². The van der Waals surface area contributed by atoms with Gasteiger partial charge in [0, 0.05) is 6.20 Å². The number of hydrogen-bond acceptors (Lipinski definition) is 5. The number of pyridine rings is 1. The number of nitrogens with one attached hydrogen (secondary N) is 1. The Bertz CT molecular complexity index is 783. The number of aromatic nitrogens is 1. The van der Waals surface area contributed by atoms with Crippen LogP contribution in [0.2, 0.25) is 0 Å². The molecule has 10 heteroatoms. The lowest BCUT2D eigenvalue weighted by Gasteiger charge is -2.21. The Labute approximate surface area is 147 Å². The number of benzene rings is 1. The molecule has 0 atom stereocenters. The van der Waals surface area contributed by atoms with Crippen molar-refractivity contribution < 1.29 is 22.7 Å². The number of carbonyl (C=O) groups excluding carboxylic acids is 1. The normalized spacial score (nSPS) is 11.2. The molecule has 0 bridgehead atoms. The Kier molecular flexibility index (Phi) is 6.01. The van der Waals surface area contributed by atoms with Crippen LogP contribution in [0, 0.1) is 0 Å². The second-order valence-electron chi connectivity index (χ2n) is 5.26. The van der Waals surface area contributed by atoms with Crippen molar-refractivity contribution in [2.45, 2.75) is 26.1 Å². The second-order valence-corrected chi connectivity index (χ2v) is 5.26. The highest BCUT2D eigenvalue weighted by atomic mass is 19.4. The number of hydrazine groups is 2. The minimum atomic E-state index is -4.47. The third-order valence-electron chi connectivity index (χ3n) is 3.57. The van der Waals surface area contributed by atoms with E-state index in [1.165, 1.54) is 6.07 Å². The van der Waals surface area contributed by atoms with E-state index in [-0.39, 0.29) is 23.7 Å². The molecule has 0 aliphatic rings. The number of urea groups is 1. The number of para-hydroxylation sites is 1. The number of carbonyl (C=O) groups is 1. The number of rotatable bonds is 5. The predicted octanol–water partition coefficient (Wildman–Crippen LogP) is 2.51. The fourth-order valence-corrected chi connectivity index (χ4v) is 2.26. The average molecular weight is 369 g/mol. The summed E-state index contributed by atoms with van der Waals surface area (Å²) in [5, 5.41) is 0.758. The van der Waals surface area contributed by atoms with E-state index in [2.05, 4.69) is 4.98 Å². The summed E-state index contributed by atoms with van der Waals surface area (Å²) in [6, 6.07) is 5.96. The van der Waals surface area contributed by atoms with Gasteiger partial charge in [-0.25, -0.2) is 21.5 Å². The van der Waals surface area contributed by atoms with Gasteiger partial charge in [0.1, 0.15) is 18.0 Å². The summed E-state index contributed by atoms with van der Waals surface area (Å²) in [4.78, 5) is 15.5. The van der Waals surface area contributed by atoms with E-state index in [1.54, 1.807) is 12.1 Å².